The van der Waals surface area contributed by atoms with E-state index in [4.69, 9.17) is 4.98 Å². The van der Waals surface area contributed by atoms with Crippen molar-refractivity contribution in [2.45, 2.75) is 31.9 Å². The number of para-hydroxylation sites is 1. The minimum absolute atomic E-state index is 0.111. The number of piperazine rings is 1. The first-order chi connectivity index (χ1) is 17.9. The van der Waals surface area contributed by atoms with Crippen molar-refractivity contribution >= 4 is 22.5 Å². The van der Waals surface area contributed by atoms with Crippen LogP contribution in [-0.4, -0.2) is 46.9 Å². The van der Waals surface area contributed by atoms with E-state index in [1.165, 1.54) is 12.4 Å². The molecule has 2 aromatic carbocycles. The van der Waals surface area contributed by atoms with Gasteiger partial charge in [0.05, 0.1) is 22.9 Å². The maximum absolute atomic E-state index is 13.6. The summed E-state index contributed by atoms with van der Waals surface area (Å²) >= 11 is 0. The molecule has 2 N–H and O–H groups in total. The molecule has 1 aliphatic heterocycles. The van der Waals surface area contributed by atoms with Crippen LogP contribution in [0, 0.1) is 6.92 Å². The zero-order valence-electron chi connectivity index (χ0n) is 20.5. The quantitative estimate of drug-likeness (QED) is 0.402. The minimum Gasteiger partial charge on any atom is -0.369 e. The summed E-state index contributed by atoms with van der Waals surface area (Å²) in [5, 5.41) is 11.4. The van der Waals surface area contributed by atoms with Crippen LogP contribution < -0.4 is 15.5 Å². The van der Waals surface area contributed by atoms with Gasteiger partial charge in [0.15, 0.2) is 0 Å². The molecule has 1 saturated heterocycles. The van der Waals surface area contributed by atoms with Crippen LogP contribution in [0.4, 0.5) is 14.5 Å². The standard InChI is InChI=1S/C28H28F2N6O/c1-18-6-7-20(35-12-10-31-11-13-35)14-22(18)26(37)34-28(8-9-28)23-15-25(19-16-32-36(17-19)27(29)30)33-24-5-3-2-4-21(23)24/h2-7,14-17,27,31H,8-13H2,1H3,(H,34,37). The third-order valence-corrected chi connectivity index (χ3v) is 7.38. The van der Waals surface area contributed by atoms with Crippen molar-refractivity contribution in [2.24, 2.45) is 0 Å². The summed E-state index contributed by atoms with van der Waals surface area (Å²) in [6.07, 6.45) is 4.28. The second-order valence-electron chi connectivity index (χ2n) is 9.83. The normalized spacial score (nSPS) is 16.8. The molecule has 0 radical (unpaired) electrons. The van der Waals surface area contributed by atoms with E-state index in [0.29, 0.717) is 21.5 Å². The second kappa shape index (κ2) is 9.23. The van der Waals surface area contributed by atoms with E-state index in [9.17, 15) is 13.6 Å². The van der Waals surface area contributed by atoms with Gasteiger partial charge in [0.25, 0.3) is 5.91 Å². The molecule has 37 heavy (non-hydrogen) atoms. The molecule has 2 aliphatic rings. The Morgan fingerprint density at radius 2 is 1.89 bits per heavy atom. The summed E-state index contributed by atoms with van der Waals surface area (Å²) in [5.74, 6) is -0.111. The number of nitrogens with one attached hydrogen (secondary N) is 2. The third-order valence-electron chi connectivity index (χ3n) is 7.38. The average molecular weight is 503 g/mol. The number of alkyl halides is 2. The topological polar surface area (TPSA) is 75.1 Å². The van der Waals surface area contributed by atoms with Crippen molar-refractivity contribution in [3.63, 3.8) is 0 Å². The molecular formula is C28H28F2N6O. The highest BCUT2D eigenvalue weighted by Gasteiger charge is 2.47. The second-order valence-corrected chi connectivity index (χ2v) is 9.83. The molecule has 6 rings (SSSR count). The molecule has 190 valence electrons. The van der Waals surface area contributed by atoms with E-state index in [-0.39, 0.29) is 5.91 Å². The highest BCUT2D eigenvalue weighted by molar-refractivity contribution is 5.98. The fourth-order valence-electron chi connectivity index (χ4n) is 5.14. The zero-order chi connectivity index (χ0) is 25.6. The van der Waals surface area contributed by atoms with Crippen LogP contribution >= 0.6 is 0 Å². The molecule has 1 saturated carbocycles. The maximum atomic E-state index is 13.6. The van der Waals surface area contributed by atoms with Gasteiger partial charge in [0.2, 0.25) is 0 Å². The number of benzene rings is 2. The summed E-state index contributed by atoms with van der Waals surface area (Å²) in [5.41, 5.74) is 4.86. The molecule has 3 heterocycles. The highest BCUT2D eigenvalue weighted by atomic mass is 19.3. The monoisotopic (exact) mass is 502 g/mol. The van der Waals surface area contributed by atoms with Gasteiger partial charge in [0.1, 0.15) is 0 Å². The van der Waals surface area contributed by atoms with Gasteiger partial charge in [-0.05, 0) is 55.2 Å². The van der Waals surface area contributed by atoms with E-state index in [1.54, 1.807) is 0 Å². The van der Waals surface area contributed by atoms with Gasteiger partial charge in [0, 0.05) is 54.6 Å². The number of carbonyl (C=O) groups excluding carboxylic acids is 1. The van der Waals surface area contributed by atoms with E-state index in [1.807, 2.05) is 49.4 Å². The first-order valence-electron chi connectivity index (χ1n) is 12.6. The molecule has 2 aromatic heterocycles. The Kier molecular flexibility index (Phi) is 5.87. The van der Waals surface area contributed by atoms with E-state index in [2.05, 4.69) is 26.7 Å². The average Bonchev–Trinajstić information content (AvgIpc) is 3.51. The predicted octanol–water partition coefficient (Wildman–Crippen LogP) is 4.63. The molecule has 0 spiro atoms. The molecule has 1 aliphatic carbocycles. The molecule has 0 unspecified atom stereocenters. The maximum Gasteiger partial charge on any atom is 0.333 e. The summed E-state index contributed by atoms with van der Waals surface area (Å²) in [7, 11) is 0. The van der Waals surface area contributed by atoms with Gasteiger partial charge in [-0.15, -0.1) is 0 Å². The fourth-order valence-corrected chi connectivity index (χ4v) is 5.14. The van der Waals surface area contributed by atoms with Crippen LogP contribution in [0.3, 0.4) is 0 Å². The number of aromatic nitrogens is 3. The third kappa shape index (κ3) is 4.44. The Bertz CT molecular complexity index is 1470. The van der Waals surface area contributed by atoms with Gasteiger partial charge < -0.3 is 15.5 Å². The molecule has 0 atom stereocenters. The van der Waals surface area contributed by atoms with Crippen LogP contribution in [0.15, 0.2) is 60.9 Å². The number of rotatable bonds is 6. The van der Waals surface area contributed by atoms with Crippen LogP contribution in [0.25, 0.3) is 22.2 Å². The van der Waals surface area contributed by atoms with Crippen LogP contribution in [-0.2, 0) is 5.54 Å². The van der Waals surface area contributed by atoms with Crippen molar-refractivity contribution in [3.05, 3.63) is 77.6 Å². The number of halogens is 2. The van der Waals surface area contributed by atoms with Gasteiger partial charge in [-0.2, -0.15) is 13.9 Å². The van der Waals surface area contributed by atoms with Crippen LogP contribution in [0.1, 0.15) is 40.9 Å². The summed E-state index contributed by atoms with van der Waals surface area (Å²) < 4.78 is 26.9. The van der Waals surface area contributed by atoms with Crippen molar-refractivity contribution in [1.82, 2.24) is 25.4 Å². The van der Waals surface area contributed by atoms with E-state index in [0.717, 1.165) is 66.7 Å². The highest BCUT2D eigenvalue weighted by Crippen LogP contribution is 2.49. The number of anilines is 1. The Labute approximate surface area is 213 Å². The SMILES string of the molecule is Cc1ccc(N2CCNCC2)cc1C(=O)NC1(c2cc(-c3cnn(C(F)F)c3)nc3ccccc23)CC1. The zero-order valence-corrected chi connectivity index (χ0v) is 20.5. The number of fused-ring (bicyclic) bond motifs is 1. The number of hydrogen-bond donors (Lipinski definition) is 2. The van der Waals surface area contributed by atoms with Crippen LogP contribution in [0.2, 0.25) is 0 Å². The van der Waals surface area contributed by atoms with Crippen molar-refractivity contribution in [2.75, 3.05) is 31.1 Å². The lowest BCUT2D eigenvalue weighted by molar-refractivity contribution is 0.0566. The summed E-state index contributed by atoms with van der Waals surface area (Å²) in [4.78, 5) is 20.7. The molecular weight excluding hydrogens is 474 g/mol. The Hall–Kier alpha value is -3.85. The minimum atomic E-state index is -2.72. The number of amides is 1. The van der Waals surface area contributed by atoms with E-state index >= 15 is 0 Å². The molecule has 7 nitrogen and oxygen atoms in total. The van der Waals surface area contributed by atoms with Crippen molar-refractivity contribution in [1.29, 1.82) is 0 Å². The van der Waals surface area contributed by atoms with Crippen LogP contribution in [0.5, 0.6) is 0 Å². The Morgan fingerprint density at radius 1 is 1.11 bits per heavy atom. The predicted molar refractivity (Wildman–Crippen MR) is 139 cm³/mol. The number of carbonyl (C=O) groups is 1. The molecule has 2 fully saturated rings. The number of hydrogen-bond acceptors (Lipinski definition) is 5. The molecule has 0 bridgehead atoms. The van der Waals surface area contributed by atoms with Gasteiger partial charge in [-0.25, -0.2) is 9.67 Å². The number of nitrogens with zero attached hydrogens (tertiary/aromatic N) is 4. The Morgan fingerprint density at radius 3 is 2.62 bits per heavy atom. The fraction of sp³-hybridized carbons (Fsp3) is 0.321. The molecule has 1 amide bonds. The summed E-state index contributed by atoms with van der Waals surface area (Å²) in [6, 6.07) is 15.7. The van der Waals surface area contributed by atoms with Gasteiger partial charge in [-0.3, -0.25) is 4.79 Å². The van der Waals surface area contributed by atoms with E-state index < -0.39 is 12.1 Å². The van der Waals surface area contributed by atoms with Gasteiger partial charge >= 0.3 is 6.55 Å². The lowest BCUT2D eigenvalue weighted by Crippen LogP contribution is -2.43. The van der Waals surface area contributed by atoms with Crippen molar-refractivity contribution < 1.29 is 13.6 Å². The lowest BCUT2D eigenvalue weighted by atomic mass is 9.96. The number of pyridine rings is 1. The molecule has 4 aromatic rings. The van der Waals surface area contributed by atoms with Gasteiger partial charge in [-0.1, -0.05) is 24.3 Å². The first kappa shape index (κ1) is 23.5. The largest absolute Gasteiger partial charge is 0.369 e. The smallest absolute Gasteiger partial charge is 0.333 e. The molecule has 9 heteroatoms. The summed E-state index contributed by atoms with van der Waals surface area (Å²) in [6.45, 7) is 2.89. The van der Waals surface area contributed by atoms with Crippen molar-refractivity contribution in [3.8, 4) is 11.3 Å². The first-order valence-corrected chi connectivity index (χ1v) is 12.6. The lowest BCUT2D eigenvalue weighted by Gasteiger charge is -2.30. The Balaban J connectivity index is 1.35. The number of aryl methyl sites for hydroxylation is 1.